The number of aliphatic carboxylic acids is 1. The summed E-state index contributed by atoms with van der Waals surface area (Å²) in [5.41, 5.74) is 0.846. The molecule has 1 aromatic carbocycles. The van der Waals surface area contributed by atoms with Gasteiger partial charge in [-0.1, -0.05) is 6.07 Å². The molecule has 80 valence electrons. The lowest BCUT2D eigenvalue weighted by molar-refractivity contribution is -0.143. The van der Waals surface area contributed by atoms with Crippen molar-refractivity contribution in [2.75, 3.05) is 13.7 Å². The van der Waals surface area contributed by atoms with Crippen LogP contribution in [0, 0.1) is 5.92 Å². The van der Waals surface area contributed by atoms with Crippen LogP contribution in [0.1, 0.15) is 5.56 Å². The number of benzene rings is 1. The lowest BCUT2D eigenvalue weighted by Gasteiger charge is -2.23. The topological polar surface area (TPSA) is 55.8 Å². The molecule has 0 saturated carbocycles. The highest BCUT2D eigenvalue weighted by Gasteiger charge is 2.27. The van der Waals surface area contributed by atoms with Gasteiger partial charge in [-0.3, -0.25) is 4.79 Å². The molecule has 0 unspecified atom stereocenters. The Bertz CT molecular complexity index is 372. The number of carbonyl (C=O) groups is 1. The first-order chi connectivity index (χ1) is 7.22. The zero-order chi connectivity index (χ0) is 10.8. The quantitative estimate of drug-likeness (QED) is 0.796. The second kappa shape index (κ2) is 3.81. The maximum atomic E-state index is 10.8. The largest absolute Gasteiger partial charge is 0.496 e. The number of hydrogen-bond donors (Lipinski definition) is 1. The summed E-state index contributed by atoms with van der Waals surface area (Å²) in [6, 6.07) is 5.47. The van der Waals surface area contributed by atoms with Crippen LogP contribution in [0.5, 0.6) is 11.5 Å². The smallest absolute Gasteiger partial charge is 0.310 e. The van der Waals surface area contributed by atoms with Crippen LogP contribution in [0.15, 0.2) is 18.2 Å². The van der Waals surface area contributed by atoms with E-state index in [1.807, 2.05) is 18.2 Å². The molecule has 1 heterocycles. The molecule has 1 aliphatic heterocycles. The van der Waals surface area contributed by atoms with Gasteiger partial charge in [0.2, 0.25) is 0 Å². The minimum absolute atomic E-state index is 0.232. The molecular formula is C11H12O4. The molecule has 0 aliphatic carbocycles. The zero-order valence-corrected chi connectivity index (χ0v) is 8.40. The van der Waals surface area contributed by atoms with Gasteiger partial charge < -0.3 is 14.6 Å². The van der Waals surface area contributed by atoms with Crippen LogP contribution in [0.4, 0.5) is 0 Å². The van der Waals surface area contributed by atoms with Gasteiger partial charge in [-0.05, 0) is 18.6 Å². The van der Waals surface area contributed by atoms with Crippen molar-refractivity contribution in [1.82, 2.24) is 0 Å². The van der Waals surface area contributed by atoms with Crippen LogP contribution in [-0.4, -0.2) is 24.8 Å². The van der Waals surface area contributed by atoms with Crippen molar-refractivity contribution in [1.29, 1.82) is 0 Å². The number of ether oxygens (including phenoxy) is 2. The minimum atomic E-state index is -0.827. The van der Waals surface area contributed by atoms with Gasteiger partial charge in [-0.15, -0.1) is 0 Å². The third-order valence-electron chi connectivity index (χ3n) is 2.55. The molecule has 1 N–H and O–H groups in total. The molecule has 0 spiro atoms. The first-order valence-electron chi connectivity index (χ1n) is 4.74. The van der Waals surface area contributed by atoms with Crippen molar-refractivity contribution in [3.05, 3.63) is 23.8 Å². The van der Waals surface area contributed by atoms with Crippen molar-refractivity contribution in [3.63, 3.8) is 0 Å². The first kappa shape index (κ1) is 9.83. The van der Waals surface area contributed by atoms with E-state index in [1.54, 1.807) is 7.11 Å². The summed E-state index contributed by atoms with van der Waals surface area (Å²) in [6.45, 7) is 0.232. The van der Waals surface area contributed by atoms with Crippen LogP contribution in [0.2, 0.25) is 0 Å². The van der Waals surface area contributed by atoms with Crippen LogP contribution >= 0.6 is 0 Å². The van der Waals surface area contributed by atoms with Crippen LogP contribution in [-0.2, 0) is 11.2 Å². The van der Waals surface area contributed by atoms with E-state index in [-0.39, 0.29) is 6.61 Å². The summed E-state index contributed by atoms with van der Waals surface area (Å²) in [4.78, 5) is 10.8. The molecule has 0 radical (unpaired) electrons. The third-order valence-corrected chi connectivity index (χ3v) is 2.55. The van der Waals surface area contributed by atoms with Crippen molar-refractivity contribution in [2.45, 2.75) is 6.42 Å². The average molecular weight is 208 g/mol. The van der Waals surface area contributed by atoms with E-state index in [0.717, 1.165) is 11.3 Å². The van der Waals surface area contributed by atoms with E-state index in [2.05, 4.69) is 0 Å². The van der Waals surface area contributed by atoms with Gasteiger partial charge in [-0.2, -0.15) is 0 Å². The summed E-state index contributed by atoms with van der Waals surface area (Å²) in [6.07, 6.45) is 0.467. The van der Waals surface area contributed by atoms with Gasteiger partial charge in [0, 0.05) is 5.56 Å². The summed E-state index contributed by atoms with van der Waals surface area (Å²) < 4.78 is 10.5. The Kier molecular flexibility index (Phi) is 2.49. The monoisotopic (exact) mass is 208 g/mol. The molecule has 4 nitrogen and oxygen atoms in total. The van der Waals surface area contributed by atoms with Gasteiger partial charge in [0.05, 0.1) is 13.0 Å². The Labute approximate surface area is 87.4 Å². The summed E-state index contributed by atoms with van der Waals surface area (Å²) >= 11 is 0. The number of fused-ring (bicyclic) bond motifs is 1. The molecule has 1 aliphatic rings. The molecule has 1 aromatic rings. The molecule has 2 rings (SSSR count). The fraction of sp³-hybridized carbons (Fsp3) is 0.364. The SMILES string of the molecule is COc1cccc2c1C[C@H](C(=O)O)CO2. The Balaban J connectivity index is 2.34. The van der Waals surface area contributed by atoms with Crippen molar-refractivity contribution in [2.24, 2.45) is 5.92 Å². The number of methoxy groups -OCH3 is 1. The molecule has 1 atom stereocenters. The highest BCUT2D eigenvalue weighted by atomic mass is 16.5. The summed E-state index contributed by atoms with van der Waals surface area (Å²) in [7, 11) is 1.57. The van der Waals surface area contributed by atoms with Crippen molar-refractivity contribution < 1.29 is 19.4 Å². The average Bonchev–Trinajstić information content (AvgIpc) is 2.27. The van der Waals surface area contributed by atoms with Crippen LogP contribution in [0.3, 0.4) is 0 Å². The number of hydrogen-bond acceptors (Lipinski definition) is 3. The number of carboxylic acid groups (broad SMARTS) is 1. The molecule has 0 saturated heterocycles. The molecule has 0 fully saturated rings. The fourth-order valence-electron chi connectivity index (χ4n) is 1.73. The lowest BCUT2D eigenvalue weighted by atomic mass is 9.96. The summed E-state index contributed by atoms with van der Waals surface area (Å²) in [5.74, 6) is 0.116. The minimum Gasteiger partial charge on any atom is -0.496 e. The highest BCUT2D eigenvalue weighted by Crippen LogP contribution is 2.34. The zero-order valence-electron chi connectivity index (χ0n) is 8.40. The van der Waals surface area contributed by atoms with E-state index >= 15 is 0 Å². The number of rotatable bonds is 2. The second-order valence-corrected chi connectivity index (χ2v) is 3.49. The molecule has 0 bridgehead atoms. The Morgan fingerprint density at radius 2 is 2.40 bits per heavy atom. The number of carboxylic acids is 1. The van der Waals surface area contributed by atoms with Crippen molar-refractivity contribution in [3.8, 4) is 11.5 Å². The maximum Gasteiger partial charge on any atom is 0.310 e. The van der Waals surface area contributed by atoms with Crippen LogP contribution < -0.4 is 9.47 Å². The summed E-state index contributed by atoms with van der Waals surface area (Å²) in [5, 5.41) is 8.91. The third kappa shape index (κ3) is 1.75. The molecule has 0 amide bonds. The first-order valence-corrected chi connectivity index (χ1v) is 4.74. The predicted octanol–water partition coefficient (Wildman–Crippen LogP) is 1.33. The van der Waals surface area contributed by atoms with Gasteiger partial charge in [0.15, 0.2) is 0 Å². The Hall–Kier alpha value is -1.71. The van der Waals surface area contributed by atoms with E-state index < -0.39 is 11.9 Å². The van der Waals surface area contributed by atoms with E-state index in [4.69, 9.17) is 14.6 Å². The van der Waals surface area contributed by atoms with Gasteiger partial charge in [0.25, 0.3) is 0 Å². The van der Waals surface area contributed by atoms with E-state index in [9.17, 15) is 4.79 Å². The Morgan fingerprint density at radius 1 is 1.60 bits per heavy atom. The Morgan fingerprint density at radius 3 is 3.07 bits per heavy atom. The van der Waals surface area contributed by atoms with E-state index in [1.165, 1.54) is 0 Å². The molecule has 0 aromatic heterocycles. The molecular weight excluding hydrogens is 196 g/mol. The molecule has 15 heavy (non-hydrogen) atoms. The second-order valence-electron chi connectivity index (χ2n) is 3.49. The maximum absolute atomic E-state index is 10.8. The normalized spacial score (nSPS) is 18.9. The van der Waals surface area contributed by atoms with E-state index in [0.29, 0.717) is 12.2 Å². The highest BCUT2D eigenvalue weighted by molar-refractivity contribution is 5.71. The molecule has 4 heteroatoms. The van der Waals surface area contributed by atoms with Gasteiger partial charge >= 0.3 is 5.97 Å². The fourth-order valence-corrected chi connectivity index (χ4v) is 1.73. The lowest BCUT2D eigenvalue weighted by Crippen LogP contribution is -2.28. The van der Waals surface area contributed by atoms with Gasteiger partial charge in [0.1, 0.15) is 18.1 Å². The van der Waals surface area contributed by atoms with Crippen LogP contribution in [0.25, 0.3) is 0 Å². The van der Waals surface area contributed by atoms with Crippen molar-refractivity contribution >= 4 is 5.97 Å². The van der Waals surface area contributed by atoms with Gasteiger partial charge in [-0.25, -0.2) is 0 Å². The predicted molar refractivity (Wildman–Crippen MR) is 53.3 cm³/mol. The standard InChI is InChI=1S/C11H12O4/c1-14-9-3-2-4-10-8(9)5-7(6-15-10)11(12)13/h2-4,7H,5-6H2,1H3,(H,12,13)/t7-/m0/s1.